The van der Waals surface area contributed by atoms with Crippen LogP contribution < -0.4 is 15.6 Å². The summed E-state index contributed by atoms with van der Waals surface area (Å²) in [5, 5.41) is 13.2. The Morgan fingerprint density at radius 3 is 2.67 bits per heavy atom. The molecule has 1 fully saturated rings. The van der Waals surface area contributed by atoms with E-state index in [4.69, 9.17) is 0 Å². The van der Waals surface area contributed by atoms with Gasteiger partial charge in [-0.2, -0.15) is 0 Å². The van der Waals surface area contributed by atoms with E-state index in [-0.39, 0.29) is 10.9 Å². The van der Waals surface area contributed by atoms with Gasteiger partial charge in [-0.05, 0) is 18.6 Å². The molecule has 0 aliphatic carbocycles. The van der Waals surface area contributed by atoms with Crippen LogP contribution in [0, 0.1) is 12.7 Å². The average Bonchev–Trinajstić information content (AvgIpc) is 2.52. The number of pyridine rings is 1. The quantitative estimate of drug-likeness (QED) is 0.858. The summed E-state index contributed by atoms with van der Waals surface area (Å²) >= 11 is 1.33. The number of thioether (sulfide) groups is 1. The molecule has 0 spiro atoms. The molecule has 1 aromatic carbocycles. The number of benzene rings is 1. The maximum Gasteiger partial charge on any atom is 0.342 e. The average molecular weight is 349 g/mol. The SMILES string of the molecule is Cc1c(N2CCNCC2)c(F)cc2c(=O)c(C(=O)O)c3n(c12)CS3. The minimum absolute atomic E-state index is 0.144. The Morgan fingerprint density at radius 2 is 2.08 bits per heavy atom. The lowest BCUT2D eigenvalue weighted by atomic mass is 10.0. The lowest BCUT2D eigenvalue weighted by molar-refractivity contribution is 0.0689. The summed E-state index contributed by atoms with van der Waals surface area (Å²) in [6.45, 7) is 4.76. The van der Waals surface area contributed by atoms with Crippen LogP contribution >= 0.6 is 11.8 Å². The molecule has 3 heterocycles. The predicted octanol–water partition coefficient (Wildman–Crippen LogP) is 1.62. The van der Waals surface area contributed by atoms with Gasteiger partial charge in [-0.15, -0.1) is 0 Å². The second-order valence-corrected chi connectivity index (χ2v) is 6.91. The zero-order valence-corrected chi connectivity index (χ0v) is 13.9. The van der Waals surface area contributed by atoms with Crippen molar-refractivity contribution >= 4 is 34.3 Å². The first kappa shape index (κ1) is 15.5. The van der Waals surface area contributed by atoms with E-state index in [0.717, 1.165) is 13.1 Å². The topological polar surface area (TPSA) is 74.6 Å². The number of fused-ring (bicyclic) bond motifs is 3. The second kappa shape index (κ2) is 5.49. The minimum Gasteiger partial charge on any atom is -0.477 e. The van der Waals surface area contributed by atoms with Crippen molar-refractivity contribution in [1.82, 2.24) is 9.88 Å². The zero-order valence-electron chi connectivity index (χ0n) is 13.1. The molecule has 0 radical (unpaired) electrons. The maximum atomic E-state index is 14.8. The molecule has 8 heteroatoms. The number of nitrogens with zero attached hydrogens (tertiary/aromatic N) is 2. The zero-order chi connectivity index (χ0) is 17.0. The number of carboxylic acids is 1. The summed E-state index contributed by atoms with van der Waals surface area (Å²) in [6, 6.07) is 1.20. The molecule has 0 amide bonds. The number of halogens is 1. The number of piperazine rings is 1. The van der Waals surface area contributed by atoms with Crippen LogP contribution in [-0.2, 0) is 5.88 Å². The Kier molecular flexibility index (Phi) is 3.54. The molecule has 0 atom stereocenters. The van der Waals surface area contributed by atoms with Crippen LogP contribution in [-0.4, -0.2) is 41.8 Å². The Hall–Kier alpha value is -2.06. The number of rotatable bonds is 2. The van der Waals surface area contributed by atoms with Gasteiger partial charge in [0.05, 0.1) is 22.1 Å². The van der Waals surface area contributed by atoms with Crippen molar-refractivity contribution in [2.45, 2.75) is 17.8 Å². The number of aromatic carboxylic acids is 1. The summed E-state index contributed by atoms with van der Waals surface area (Å²) in [7, 11) is 0. The third-order valence-corrected chi connectivity index (χ3v) is 5.73. The van der Waals surface area contributed by atoms with E-state index in [2.05, 4.69) is 5.32 Å². The van der Waals surface area contributed by atoms with Crippen molar-refractivity contribution in [3.8, 4) is 0 Å². The van der Waals surface area contributed by atoms with E-state index in [0.29, 0.717) is 40.8 Å². The molecule has 2 aliphatic rings. The van der Waals surface area contributed by atoms with Crippen LogP contribution in [0.3, 0.4) is 0 Å². The van der Waals surface area contributed by atoms with Gasteiger partial charge >= 0.3 is 5.97 Å². The highest BCUT2D eigenvalue weighted by molar-refractivity contribution is 7.99. The first-order valence-electron chi connectivity index (χ1n) is 7.72. The first-order chi connectivity index (χ1) is 11.5. The molecule has 2 aliphatic heterocycles. The van der Waals surface area contributed by atoms with Crippen LogP contribution in [0.25, 0.3) is 10.9 Å². The van der Waals surface area contributed by atoms with Crippen molar-refractivity contribution < 1.29 is 14.3 Å². The van der Waals surface area contributed by atoms with E-state index in [1.807, 2.05) is 9.47 Å². The molecule has 126 valence electrons. The Morgan fingerprint density at radius 1 is 1.38 bits per heavy atom. The number of aromatic nitrogens is 1. The number of aryl methyl sites for hydroxylation is 1. The van der Waals surface area contributed by atoms with Gasteiger partial charge in [0, 0.05) is 31.6 Å². The molecular formula is C16H16FN3O3S. The third-order valence-electron chi connectivity index (χ3n) is 4.64. The van der Waals surface area contributed by atoms with Crippen molar-refractivity contribution in [3.63, 3.8) is 0 Å². The van der Waals surface area contributed by atoms with Gasteiger partial charge in [-0.3, -0.25) is 4.79 Å². The van der Waals surface area contributed by atoms with Crippen LogP contribution in [0.15, 0.2) is 15.9 Å². The molecule has 24 heavy (non-hydrogen) atoms. The molecule has 4 rings (SSSR count). The lowest BCUT2D eigenvalue weighted by Crippen LogP contribution is -2.44. The number of hydrogen-bond acceptors (Lipinski definition) is 5. The van der Waals surface area contributed by atoms with Crippen LogP contribution in [0.5, 0.6) is 0 Å². The van der Waals surface area contributed by atoms with Gasteiger partial charge in [0.1, 0.15) is 11.4 Å². The predicted molar refractivity (Wildman–Crippen MR) is 90.8 cm³/mol. The van der Waals surface area contributed by atoms with E-state index in [1.165, 1.54) is 17.8 Å². The van der Waals surface area contributed by atoms with Gasteiger partial charge in [0.15, 0.2) is 0 Å². The van der Waals surface area contributed by atoms with Crippen LogP contribution in [0.2, 0.25) is 0 Å². The number of carboxylic acid groups (broad SMARTS) is 1. The summed E-state index contributed by atoms with van der Waals surface area (Å²) < 4.78 is 16.6. The van der Waals surface area contributed by atoms with Crippen LogP contribution in [0.4, 0.5) is 10.1 Å². The molecule has 2 N–H and O–H groups in total. The monoisotopic (exact) mass is 349 g/mol. The summed E-state index contributed by atoms with van der Waals surface area (Å²) in [4.78, 5) is 26.0. The number of anilines is 1. The van der Waals surface area contributed by atoms with E-state index < -0.39 is 17.2 Å². The van der Waals surface area contributed by atoms with Crippen molar-refractivity contribution in [2.75, 3.05) is 31.1 Å². The highest BCUT2D eigenvalue weighted by Gasteiger charge is 2.30. The Labute approximate surface area is 141 Å². The molecule has 1 saturated heterocycles. The number of hydrogen-bond donors (Lipinski definition) is 2. The molecule has 0 saturated carbocycles. The van der Waals surface area contributed by atoms with Crippen LogP contribution in [0.1, 0.15) is 15.9 Å². The lowest BCUT2D eigenvalue weighted by Gasteiger charge is -2.33. The summed E-state index contributed by atoms with van der Waals surface area (Å²) in [6.07, 6.45) is 0. The highest BCUT2D eigenvalue weighted by atomic mass is 32.2. The Balaban J connectivity index is 2.04. The molecule has 0 bridgehead atoms. The largest absolute Gasteiger partial charge is 0.477 e. The maximum absolute atomic E-state index is 14.8. The minimum atomic E-state index is -1.26. The smallest absolute Gasteiger partial charge is 0.342 e. The van der Waals surface area contributed by atoms with Crippen molar-refractivity contribution in [1.29, 1.82) is 0 Å². The van der Waals surface area contributed by atoms with Gasteiger partial charge in [-0.1, -0.05) is 11.8 Å². The molecule has 1 aromatic heterocycles. The normalized spacial score (nSPS) is 16.8. The number of nitrogens with one attached hydrogen (secondary N) is 1. The summed E-state index contributed by atoms with van der Waals surface area (Å²) in [5.41, 5.74) is 0.992. The van der Waals surface area contributed by atoms with Gasteiger partial charge in [-0.25, -0.2) is 9.18 Å². The standard InChI is InChI=1S/C16H16FN3O3S/c1-8-12-9(6-10(17)13(8)19-4-2-18-3-5-19)14(21)11(16(22)23)15-20(12)7-24-15/h6,18H,2-5,7H2,1H3,(H,22,23). The van der Waals surface area contributed by atoms with E-state index in [9.17, 15) is 19.1 Å². The molecule has 6 nitrogen and oxygen atoms in total. The van der Waals surface area contributed by atoms with Gasteiger partial charge in [0.25, 0.3) is 0 Å². The molecule has 2 aromatic rings. The van der Waals surface area contributed by atoms with E-state index in [1.54, 1.807) is 6.92 Å². The molecule has 0 unspecified atom stereocenters. The van der Waals surface area contributed by atoms with Gasteiger partial charge < -0.3 is 19.9 Å². The van der Waals surface area contributed by atoms with E-state index >= 15 is 0 Å². The second-order valence-electron chi connectivity index (χ2n) is 5.98. The highest BCUT2D eigenvalue weighted by Crippen LogP contribution is 2.40. The Bertz CT molecular complexity index is 935. The van der Waals surface area contributed by atoms with Crippen molar-refractivity contribution in [2.24, 2.45) is 0 Å². The van der Waals surface area contributed by atoms with Crippen molar-refractivity contribution in [3.05, 3.63) is 33.2 Å². The first-order valence-corrected chi connectivity index (χ1v) is 8.70. The fourth-order valence-electron chi connectivity index (χ4n) is 3.54. The van der Waals surface area contributed by atoms with Gasteiger partial charge in [0.2, 0.25) is 5.43 Å². The number of carbonyl (C=O) groups is 1. The third kappa shape index (κ3) is 2.06. The molecular weight excluding hydrogens is 333 g/mol. The fourth-order valence-corrected chi connectivity index (χ4v) is 4.47. The fraction of sp³-hybridized carbons (Fsp3) is 0.375. The summed E-state index contributed by atoms with van der Waals surface area (Å²) in [5.74, 6) is -1.16.